The fourth-order valence-corrected chi connectivity index (χ4v) is 3.83. The lowest BCUT2D eigenvalue weighted by atomic mass is 9.82. The third-order valence-corrected chi connectivity index (χ3v) is 5.82. The van der Waals surface area contributed by atoms with E-state index in [0.29, 0.717) is 11.5 Å². The fraction of sp³-hybridized carbons (Fsp3) is 0.647. The highest BCUT2D eigenvalue weighted by molar-refractivity contribution is 9.10. The van der Waals surface area contributed by atoms with Crippen molar-refractivity contribution in [1.82, 2.24) is 5.32 Å². The van der Waals surface area contributed by atoms with E-state index >= 15 is 0 Å². The Morgan fingerprint density at radius 2 is 2.05 bits per heavy atom. The average molecular weight is 339 g/mol. The Kier molecular flexibility index (Phi) is 5.14. The average Bonchev–Trinajstić information content (AvgIpc) is 2.91. The van der Waals surface area contributed by atoms with Crippen molar-refractivity contribution >= 4 is 21.6 Å². The number of halogens is 1. The SMILES string of the molecule is CCC1(CC)CCN(c2ccc(C(C)NC)cc2Br)C1. The molecule has 2 nitrogen and oxygen atoms in total. The minimum Gasteiger partial charge on any atom is -0.370 e. The van der Waals surface area contributed by atoms with Crippen LogP contribution in [0.25, 0.3) is 0 Å². The van der Waals surface area contributed by atoms with Gasteiger partial charge < -0.3 is 10.2 Å². The van der Waals surface area contributed by atoms with Gasteiger partial charge in [0.1, 0.15) is 0 Å². The van der Waals surface area contributed by atoms with Crippen LogP contribution >= 0.6 is 15.9 Å². The van der Waals surface area contributed by atoms with Crippen molar-refractivity contribution in [2.24, 2.45) is 5.41 Å². The van der Waals surface area contributed by atoms with E-state index in [9.17, 15) is 0 Å². The van der Waals surface area contributed by atoms with Crippen molar-refractivity contribution in [3.8, 4) is 0 Å². The molecule has 1 fully saturated rings. The van der Waals surface area contributed by atoms with E-state index in [1.165, 1.54) is 48.1 Å². The molecular formula is C17H27BrN2. The number of benzene rings is 1. The van der Waals surface area contributed by atoms with Gasteiger partial charge in [0.05, 0.1) is 5.69 Å². The number of nitrogens with zero attached hydrogens (tertiary/aromatic N) is 1. The van der Waals surface area contributed by atoms with Gasteiger partial charge in [-0.05, 0) is 72.3 Å². The molecule has 1 unspecified atom stereocenters. The van der Waals surface area contributed by atoms with E-state index in [-0.39, 0.29) is 0 Å². The standard InChI is InChI=1S/C17H27BrN2/c1-5-17(6-2)9-10-20(12-17)16-8-7-14(11-15(16)18)13(3)19-4/h7-8,11,13,19H,5-6,9-10,12H2,1-4H3. The number of hydrogen-bond acceptors (Lipinski definition) is 2. The highest BCUT2D eigenvalue weighted by atomic mass is 79.9. The van der Waals surface area contributed by atoms with Gasteiger partial charge >= 0.3 is 0 Å². The quantitative estimate of drug-likeness (QED) is 0.833. The van der Waals surface area contributed by atoms with Crippen LogP contribution in [0.3, 0.4) is 0 Å². The summed E-state index contributed by atoms with van der Waals surface area (Å²) in [5.41, 5.74) is 3.21. The summed E-state index contributed by atoms with van der Waals surface area (Å²) >= 11 is 3.77. The molecule has 1 aromatic rings. The van der Waals surface area contributed by atoms with Gasteiger partial charge in [-0.1, -0.05) is 19.9 Å². The third-order valence-electron chi connectivity index (χ3n) is 5.18. The molecule has 0 bridgehead atoms. The van der Waals surface area contributed by atoms with Crippen molar-refractivity contribution in [3.63, 3.8) is 0 Å². The van der Waals surface area contributed by atoms with Crippen LogP contribution in [0.1, 0.15) is 51.6 Å². The molecule has 1 aliphatic heterocycles. The minimum absolute atomic E-state index is 0.393. The molecule has 1 aliphatic rings. The van der Waals surface area contributed by atoms with E-state index in [0.717, 1.165) is 0 Å². The molecule has 0 radical (unpaired) electrons. The second-order valence-corrected chi connectivity index (χ2v) is 6.95. The summed E-state index contributed by atoms with van der Waals surface area (Å²) in [6.07, 6.45) is 3.89. The highest BCUT2D eigenvalue weighted by Crippen LogP contribution is 2.41. The second kappa shape index (κ2) is 6.48. The first-order valence-corrected chi connectivity index (χ1v) is 8.56. The Balaban J connectivity index is 2.19. The Hall–Kier alpha value is -0.540. The Morgan fingerprint density at radius 3 is 2.55 bits per heavy atom. The molecule has 1 N–H and O–H groups in total. The number of hydrogen-bond donors (Lipinski definition) is 1. The molecular weight excluding hydrogens is 312 g/mol. The first-order valence-electron chi connectivity index (χ1n) is 7.77. The zero-order chi connectivity index (χ0) is 14.8. The lowest BCUT2D eigenvalue weighted by Crippen LogP contribution is -2.26. The molecule has 0 amide bonds. The summed E-state index contributed by atoms with van der Waals surface area (Å²) in [4.78, 5) is 2.55. The zero-order valence-corrected chi connectivity index (χ0v) is 14.8. The molecule has 2 rings (SSSR count). The lowest BCUT2D eigenvalue weighted by molar-refractivity contribution is 0.301. The Morgan fingerprint density at radius 1 is 1.35 bits per heavy atom. The fourth-order valence-electron chi connectivity index (χ4n) is 3.18. The summed E-state index contributed by atoms with van der Waals surface area (Å²) < 4.78 is 1.22. The molecule has 0 saturated carbocycles. The molecule has 1 aromatic carbocycles. The van der Waals surface area contributed by atoms with Crippen LogP contribution in [-0.4, -0.2) is 20.1 Å². The molecule has 1 saturated heterocycles. The Bertz CT molecular complexity index is 454. The first kappa shape index (κ1) is 15.8. The predicted molar refractivity (Wildman–Crippen MR) is 91.5 cm³/mol. The number of nitrogens with one attached hydrogen (secondary N) is 1. The molecule has 3 heteroatoms. The van der Waals surface area contributed by atoms with Gasteiger partial charge in [0.2, 0.25) is 0 Å². The molecule has 1 heterocycles. The molecule has 0 aromatic heterocycles. The van der Waals surface area contributed by atoms with E-state index < -0.39 is 0 Å². The third kappa shape index (κ3) is 3.04. The van der Waals surface area contributed by atoms with E-state index in [4.69, 9.17) is 0 Å². The van der Waals surface area contributed by atoms with E-state index in [1.54, 1.807) is 0 Å². The predicted octanol–water partition coefficient (Wildman–Crippen LogP) is 4.75. The van der Waals surface area contributed by atoms with Crippen LogP contribution in [0.5, 0.6) is 0 Å². The lowest BCUT2D eigenvalue weighted by Gasteiger charge is -2.28. The van der Waals surface area contributed by atoms with Crippen LogP contribution in [0, 0.1) is 5.41 Å². The van der Waals surface area contributed by atoms with Gasteiger partial charge in [-0.3, -0.25) is 0 Å². The summed E-state index contributed by atoms with van der Waals surface area (Å²) in [7, 11) is 2.00. The maximum absolute atomic E-state index is 3.77. The topological polar surface area (TPSA) is 15.3 Å². The van der Waals surface area contributed by atoms with Crippen molar-refractivity contribution in [3.05, 3.63) is 28.2 Å². The van der Waals surface area contributed by atoms with Crippen LogP contribution < -0.4 is 10.2 Å². The van der Waals surface area contributed by atoms with Crippen LogP contribution in [0.2, 0.25) is 0 Å². The second-order valence-electron chi connectivity index (χ2n) is 6.10. The smallest absolute Gasteiger partial charge is 0.0511 e. The van der Waals surface area contributed by atoms with Crippen molar-refractivity contribution in [1.29, 1.82) is 0 Å². The minimum atomic E-state index is 0.393. The zero-order valence-electron chi connectivity index (χ0n) is 13.2. The summed E-state index contributed by atoms with van der Waals surface area (Å²) in [6, 6.07) is 7.17. The van der Waals surface area contributed by atoms with Gasteiger partial charge in [-0.2, -0.15) is 0 Å². The van der Waals surface area contributed by atoms with Gasteiger partial charge in [-0.15, -0.1) is 0 Å². The number of rotatable bonds is 5. The highest BCUT2D eigenvalue weighted by Gasteiger charge is 2.35. The molecule has 0 spiro atoms. The van der Waals surface area contributed by atoms with E-state index in [1.807, 2.05) is 7.05 Å². The summed E-state index contributed by atoms with van der Waals surface area (Å²) in [5.74, 6) is 0. The monoisotopic (exact) mass is 338 g/mol. The normalized spacial score (nSPS) is 19.4. The molecule has 1 atom stereocenters. The molecule has 20 heavy (non-hydrogen) atoms. The summed E-state index contributed by atoms with van der Waals surface area (Å²) in [5, 5.41) is 3.29. The van der Waals surface area contributed by atoms with Crippen molar-refractivity contribution in [2.75, 3.05) is 25.0 Å². The van der Waals surface area contributed by atoms with Crippen LogP contribution in [-0.2, 0) is 0 Å². The maximum Gasteiger partial charge on any atom is 0.0511 e. The van der Waals surface area contributed by atoms with Crippen molar-refractivity contribution < 1.29 is 0 Å². The first-order chi connectivity index (χ1) is 9.55. The van der Waals surface area contributed by atoms with Gasteiger partial charge in [0, 0.05) is 23.6 Å². The van der Waals surface area contributed by atoms with Gasteiger partial charge in [0.15, 0.2) is 0 Å². The molecule has 0 aliphatic carbocycles. The van der Waals surface area contributed by atoms with E-state index in [2.05, 4.69) is 65.1 Å². The summed E-state index contributed by atoms with van der Waals surface area (Å²) in [6.45, 7) is 9.23. The van der Waals surface area contributed by atoms with Gasteiger partial charge in [-0.25, -0.2) is 0 Å². The van der Waals surface area contributed by atoms with Crippen molar-refractivity contribution in [2.45, 2.75) is 46.1 Å². The largest absolute Gasteiger partial charge is 0.370 e. The van der Waals surface area contributed by atoms with Crippen LogP contribution in [0.15, 0.2) is 22.7 Å². The van der Waals surface area contributed by atoms with Gasteiger partial charge in [0.25, 0.3) is 0 Å². The maximum atomic E-state index is 3.77. The Labute approximate surface area is 132 Å². The van der Waals surface area contributed by atoms with Crippen LogP contribution in [0.4, 0.5) is 5.69 Å². The molecule has 112 valence electrons. The number of anilines is 1.